The van der Waals surface area contributed by atoms with Gasteiger partial charge in [-0.1, -0.05) is 24.3 Å². The lowest BCUT2D eigenvalue weighted by Gasteiger charge is -2.20. The van der Waals surface area contributed by atoms with Crippen LogP contribution in [-0.2, 0) is 4.79 Å². The van der Waals surface area contributed by atoms with Crippen LogP contribution < -0.4 is 14.8 Å². The highest BCUT2D eigenvalue weighted by Crippen LogP contribution is 2.24. The zero-order valence-corrected chi connectivity index (χ0v) is 14.9. The van der Waals surface area contributed by atoms with E-state index in [-0.39, 0.29) is 11.9 Å². The number of methoxy groups -OCH3 is 1. The Morgan fingerprint density at radius 3 is 2.42 bits per heavy atom. The number of carbonyl (C=O) groups is 1. The van der Waals surface area contributed by atoms with Gasteiger partial charge in [0.15, 0.2) is 6.10 Å². The molecule has 1 amide bonds. The number of aryl methyl sites for hydroxylation is 2. The van der Waals surface area contributed by atoms with Crippen molar-refractivity contribution in [2.24, 2.45) is 0 Å². The summed E-state index contributed by atoms with van der Waals surface area (Å²) >= 11 is 0. The van der Waals surface area contributed by atoms with Crippen LogP contribution >= 0.6 is 0 Å². The molecule has 4 heteroatoms. The molecule has 0 heterocycles. The minimum atomic E-state index is -0.579. The summed E-state index contributed by atoms with van der Waals surface area (Å²) in [6.07, 6.45) is -0.579. The second-order valence-electron chi connectivity index (χ2n) is 5.98. The zero-order valence-electron chi connectivity index (χ0n) is 14.9. The Hall–Kier alpha value is -2.49. The van der Waals surface area contributed by atoms with Gasteiger partial charge in [0.1, 0.15) is 11.5 Å². The zero-order chi connectivity index (χ0) is 17.7. The van der Waals surface area contributed by atoms with Crippen LogP contribution in [0.5, 0.6) is 11.5 Å². The van der Waals surface area contributed by atoms with Crippen LogP contribution in [0.2, 0.25) is 0 Å². The molecule has 2 atom stereocenters. The van der Waals surface area contributed by atoms with Crippen LogP contribution in [0, 0.1) is 13.8 Å². The first-order valence-corrected chi connectivity index (χ1v) is 8.09. The molecule has 128 valence electrons. The number of ether oxygens (including phenoxy) is 2. The third-order valence-electron chi connectivity index (χ3n) is 4.12. The van der Waals surface area contributed by atoms with E-state index in [0.717, 1.165) is 16.9 Å². The lowest BCUT2D eigenvalue weighted by Crippen LogP contribution is -2.37. The van der Waals surface area contributed by atoms with Crippen molar-refractivity contribution in [3.63, 3.8) is 0 Å². The molecule has 4 nitrogen and oxygen atoms in total. The fraction of sp³-hybridized carbons (Fsp3) is 0.350. The average Bonchev–Trinajstić information content (AvgIpc) is 2.57. The van der Waals surface area contributed by atoms with E-state index in [1.807, 2.05) is 63.2 Å². The third kappa shape index (κ3) is 4.28. The SMILES string of the molecule is COc1ccccc1[C@H](C)NC(=O)[C@@H](C)Oc1ccc(C)c(C)c1. The third-order valence-corrected chi connectivity index (χ3v) is 4.12. The van der Waals surface area contributed by atoms with E-state index in [1.165, 1.54) is 5.56 Å². The fourth-order valence-electron chi connectivity index (χ4n) is 2.48. The predicted octanol–water partition coefficient (Wildman–Crippen LogP) is 3.96. The van der Waals surface area contributed by atoms with Gasteiger partial charge in [0.2, 0.25) is 0 Å². The Bertz CT molecular complexity index is 712. The van der Waals surface area contributed by atoms with Gasteiger partial charge >= 0.3 is 0 Å². The summed E-state index contributed by atoms with van der Waals surface area (Å²) in [5.41, 5.74) is 3.28. The van der Waals surface area contributed by atoms with Crippen molar-refractivity contribution in [3.8, 4) is 11.5 Å². The molecule has 24 heavy (non-hydrogen) atoms. The van der Waals surface area contributed by atoms with Crippen molar-refractivity contribution < 1.29 is 14.3 Å². The minimum Gasteiger partial charge on any atom is -0.496 e. The lowest BCUT2D eigenvalue weighted by molar-refractivity contribution is -0.127. The molecule has 0 spiro atoms. The highest BCUT2D eigenvalue weighted by molar-refractivity contribution is 5.81. The quantitative estimate of drug-likeness (QED) is 0.874. The van der Waals surface area contributed by atoms with Gasteiger partial charge in [-0.3, -0.25) is 4.79 Å². The molecule has 0 saturated carbocycles. The molecule has 0 aromatic heterocycles. The molecule has 0 saturated heterocycles. The summed E-state index contributed by atoms with van der Waals surface area (Å²) in [5.74, 6) is 1.30. The van der Waals surface area contributed by atoms with E-state index >= 15 is 0 Å². The Balaban J connectivity index is 2.01. The minimum absolute atomic E-state index is 0.161. The number of carbonyl (C=O) groups excluding carboxylic acids is 1. The number of benzene rings is 2. The Labute approximate surface area is 143 Å². The highest BCUT2D eigenvalue weighted by Gasteiger charge is 2.19. The van der Waals surface area contributed by atoms with E-state index in [9.17, 15) is 4.79 Å². The van der Waals surface area contributed by atoms with Crippen LogP contribution in [0.25, 0.3) is 0 Å². The van der Waals surface area contributed by atoms with Crippen molar-refractivity contribution in [2.45, 2.75) is 39.8 Å². The van der Waals surface area contributed by atoms with Crippen molar-refractivity contribution in [3.05, 3.63) is 59.2 Å². The van der Waals surface area contributed by atoms with Crippen molar-refractivity contribution in [1.29, 1.82) is 0 Å². The van der Waals surface area contributed by atoms with Gasteiger partial charge < -0.3 is 14.8 Å². The second-order valence-corrected chi connectivity index (χ2v) is 5.98. The first-order valence-electron chi connectivity index (χ1n) is 8.09. The molecule has 0 fully saturated rings. The first kappa shape index (κ1) is 17.9. The molecule has 0 bridgehead atoms. The normalized spacial score (nSPS) is 13.0. The predicted molar refractivity (Wildman–Crippen MR) is 95.6 cm³/mol. The Kier molecular flexibility index (Phi) is 5.85. The standard InChI is InChI=1S/C20H25NO3/c1-13-10-11-17(12-14(13)2)24-16(4)20(22)21-15(3)18-8-6-7-9-19(18)23-5/h6-12,15-16H,1-5H3,(H,21,22)/t15-,16+/m0/s1. The number of hydrogen-bond acceptors (Lipinski definition) is 3. The van der Waals surface area contributed by atoms with Crippen molar-refractivity contribution in [1.82, 2.24) is 5.32 Å². The van der Waals surface area contributed by atoms with Gasteiger partial charge in [0.05, 0.1) is 13.2 Å². The maximum atomic E-state index is 12.4. The first-order chi connectivity index (χ1) is 11.4. The molecule has 0 unspecified atom stereocenters. The number of amides is 1. The summed E-state index contributed by atoms with van der Waals surface area (Å²) in [6.45, 7) is 7.75. The molecule has 0 radical (unpaired) electrons. The Morgan fingerprint density at radius 1 is 1.04 bits per heavy atom. The monoisotopic (exact) mass is 327 g/mol. The summed E-state index contributed by atoms with van der Waals surface area (Å²) in [6, 6.07) is 13.3. The molecular weight excluding hydrogens is 302 g/mol. The van der Waals surface area contributed by atoms with Crippen LogP contribution in [0.4, 0.5) is 0 Å². The number of para-hydroxylation sites is 1. The van der Waals surface area contributed by atoms with Gasteiger partial charge in [0, 0.05) is 5.56 Å². The molecule has 2 aromatic rings. The smallest absolute Gasteiger partial charge is 0.261 e. The summed E-state index contributed by atoms with van der Waals surface area (Å²) < 4.78 is 11.1. The molecule has 2 rings (SSSR count). The molecule has 2 aromatic carbocycles. The van der Waals surface area contributed by atoms with Crippen LogP contribution in [0.1, 0.15) is 36.6 Å². The van der Waals surface area contributed by atoms with E-state index in [1.54, 1.807) is 14.0 Å². The van der Waals surface area contributed by atoms with E-state index in [0.29, 0.717) is 5.75 Å². The largest absolute Gasteiger partial charge is 0.496 e. The maximum Gasteiger partial charge on any atom is 0.261 e. The number of nitrogens with one attached hydrogen (secondary N) is 1. The van der Waals surface area contributed by atoms with Crippen LogP contribution in [0.3, 0.4) is 0 Å². The highest BCUT2D eigenvalue weighted by atomic mass is 16.5. The van der Waals surface area contributed by atoms with Crippen molar-refractivity contribution in [2.75, 3.05) is 7.11 Å². The molecular formula is C20H25NO3. The fourth-order valence-corrected chi connectivity index (χ4v) is 2.48. The van der Waals surface area contributed by atoms with E-state index in [4.69, 9.17) is 9.47 Å². The van der Waals surface area contributed by atoms with Gasteiger partial charge in [-0.05, 0) is 57.0 Å². The number of hydrogen-bond donors (Lipinski definition) is 1. The van der Waals surface area contributed by atoms with E-state index in [2.05, 4.69) is 5.32 Å². The van der Waals surface area contributed by atoms with Gasteiger partial charge in [-0.15, -0.1) is 0 Å². The second kappa shape index (κ2) is 7.86. The number of rotatable bonds is 6. The summed E-state index contributed by atoms with van der Waals surface area (Å²) in [5, 5.41) is 2.97. The lowest BCUT2D eigenvalue weighted by atomic mass is 10.1. The Morgan fingerprint density at radius 2 is 1.75 bits per heavy atom. The van der Waals surface area contributed by atoms with E-state index < -0.39 is 6.10 Å². The van der Waals surface area contributed by atoms with Crippen LogP contribution in [0.15, 0.2) is 42.5 Å². The molecule has 0 aliphatic carbocycles. The topological polar surface area (TPSA) is 47.6 Å². The van der Waals surface area contributed by atoms with Crippen LogP contribution in [-0.4, -0.2) is 19.1 Å². The van der Waals surface area contributed by atoms with Gasteiger partial charge in [0.25, 0.3) is 5.91 Å². The van der Waals surface area contributed by atoms with Gasteiger partial charge in [-0.2, -0.15) is 0 Å². The van der Waals surface area contributed by atoms with Crippen molar-refractivity contribution >= 4 is 5.91 Å². The maximum absolute atomic E-state index is 12.4. The molecule has 0 aliphatic rings. The molecule has 0 aliphatic heterocycles. The summed E-state index contributed by atoms with van der Waals surface area (Å²) in [7, 11) is 1.62. The molecule has 1 N–H and O–H groups in total. The average molecular weight is 327 g/mol. The van der Waals surface area contributed by atoms with Gasteiger partial charge in [-0.25, -0.2) is 0 Å². The summed E-state index contributed by atoms with van der Waals surface area (Å²) in [4.78, 5) is 12.4.